The Morgan fingerprint density at radius 3 is 2.58 bits per heavy atom. The number of hydrogen-bond acceptors (Lipinski definition) is 6. The number of carbonyl (C=O) groups excluding carboxylic acids is 2. The molecule has 1 aromatic heterocycles. The Hall–Kier alpha value is -3.06. The van der Waals surface area contributed by atoms with Crippen LogP contribution in [0.2, 0.25) is 0 Å². The summed E-state index contributed by atoms with van der Waals surface area (Å²) in [6, 6.07) is 16.1. The molecule has 31 heavy (non-hydrogen) atoms. The van der Waals surface area contributed by atoms with E-state index in [1.807, 2.05) is 41.8 Å². The highest BCUT2D eigenvalue weighted by atomic mass is 32.1. The zero-order valence-corrected chi connectivity index (χ0v) is 18.8. The predicted octanol–water partition coefficient (Wildman–Crippen LogP) is 5.78. The van der Waals surface area contributed by atoms with Crippen LogP contribution in [0.25, 0.3) is 10.8 Å². The summed E-state index contributed by atoms with van der Waals surface area (Å²) in [7, 11) is 1.65. The van der Waals surface area contributed by atoms with Gasteiger partial charge in [-0.3, -0.25) is 4.79 Å². The maximum Gasteiger partial charge on any atom is 0.412 e. The third-order valence-corrected chi connectivity index (χ3v) is 5.53. The minimum Gasteiger partial charge on any atom is -0.485 e. The second-order valence-corrected chi connectivity index (χ2v) is 7.93. The number of esters is 1. The fourth-order valence-electron chi connectivity index (χ4n) is 3.13. The molecule has 0 saturated carbocycles. The van der Waals surface area contributed by atoms with Crippen LogP contribution in [0.15, 0.2) is 59.3 Å². The lowest BCUT2D eigenvalue weighted by Crippen LogP contribution is -2.33. The van der Waals surface area contributed by atoms with Crippen molar-refractivity contribution in [3.05, 3.63) is 64.9 Å². The SMILES string of the molecule is CCC(=O)OC(C)OC(=O)N(C)CCC(Oc1cccc2ccccc12)c1ccsc1. The van der Waals surface area contributed by atoms with Gasteiger partial charge in [-0.2, -0.15) is 11.3 Å². The van der Waals surface area contributed by atoms with E-state index in [0.717, 1.165) is 22.1 Å². The summed E-state index contributed by atoms with van der Waals surface area (Å²) in [5.41, 5.74) is 1.06. The molecule has 0 saturated heterocycles. The summed E-state index contributed by atoms with van der Waals surface area (Å²) in [5.74, 6) is 0.392. The van der Waals surface area contributed by atoms with E-state index < -0.39 is 18.4 Å². The Balaban J connectivity index is 1.65. The Kier molecular flexibility index (Phi) is 7.89. The van der Waals surface area contributed by atoms with Crippen molar-refractivity contribution in [1.29, 1.82) is 0 Å². The van der Waals surface area contributed by atoms with Crippen molar-refractivity contribution in [1.82, 2.24) is 4.90 Å². The average molecular weight is 442 g/mol. The maximum absolute atomic E-state index is 12.3. The Morgan fingerprint density at radius 1 is 1.06 bits per heavy atom. The van der Waals surface area contributed by atoms with E-state index in [2.05, 4.69) is 17.5 Å². The third-order valence-electron chi connectivity index (χ3n) is 4.83. The van der Waals surface area contributed by atoms with Crippen molar-refractivity contribution in [3.8, 4) is 5.75 Å². The highest BCUT2D eigenvalue weighted by Gasteiger charge is 2.20. The second-order valence-electron chi connectivity index (χ2n) is 7.15. The molecule has 3 aromatic rings. The molecule has 0 fully saturated rings. The van der Waals surface area contributed by atoms with E-state index in [4.69, 9.17) is 14.2 Å². The highest BCUT2D eigenvalue weighted by Crippen LogP contribution is 2.32. The summed E-state index contributed by atoms with van der Waals surface area (Å²) in [5, 5.41) is 6.22. The highest BCUT2D eigenvalue weighted by molar-refractivity contribution is 7.07. The molecule has 1 heterocycles. The summed E-state index contributed by atoms with van der Waals surface area (Å²) in [4.78, 5) is 25.1. The van der Waals surface area contributed by atoms with Gasteiger partial charge in [0, 0.05) is 44.3 Å². The van der Waals surface area contributed by atoms with Crippen LogP contribution in [0.3, 0.4) is 0 Å². The fraction of sp³-hybridized carbons (Fsp3) is 0.333. The van der Waals surface area contributed by atoms with Crippen LogP contribution in [0.1, 0.15) is 38.4 Å². The Labute approximate surface area is 186 Å². The number of nitrogens with zero attached hydrogens (tertiary/aromatic N) is 1. The molecule has 164 valence electrons. The second kappa shape index (κ2) is 10.8. The van der Waals surface area contributed by atoms with E-state index in [1.54, 1.807) is 25.3 Å². The van der Waals surface area contributed by atoms with Crippen LogP contribution in [-0.4, -0.2) is 36.8 Å². The average Bonchev–Trinajstić information content (AvgIpc) is 3.31. The largest absolute Gasteiger partial charge is 0.485 e. The first-order chi connectivity index (χ1) is 15.0. The minimum absolute atomic E-state index is 0.220. The molecular weight excluding hydrogens is 414 g/mol. The fourth-order valence-corrected chi connectivity index (χ4v) is 3.83. The van der Waals surface area contributed by atoms with Crippen LogP contribution >= 0.6 is 11.3 Å². The number of carbonyl (C=O) groups is 2. The van der Waals surface area contributed by atoms with E-state index in [0.29, 0.717) is 13.0 Å². The quantitative estimate of drug-likeness (QED) is 0.311. The first kappa shape index (κ1) is 22.6. The zero-order chi connectivity index (χ0) is 22.2. The molecule has 1 amide bonds. The van der Waals surface area contributed by atoms with E-state index >= 15 is 0 Å². The molecule has 0 aliphatic rings. The summed E-state index contributed by atoms with van der Waals surface area (Å²) < 4.78 is 16.6. The van der Waals surface area contributed by atoms with E-state index in [1.165, 1.54) is 11.8 Å². The van der Waals surface area contributed by atoms with Gasteiger partial charge in [-0.25, -0.2) is 4.79 Å². The van der Waals surface area contributed by atoms with Crippen LogP contribution in [0, 0.1) is 0 Å². The van der Waals surface area contributed by atoms with Gasteiger partial charge in [0.05, 0.1) is 0 Å². The van der Waals surface area contributed by atoms with Crippen molar-refractivity contribution >= 4 is 34.2 Å². The van der Waals surface area contributed by atoms with Crippen molar-refractivity contribution in [3.63, 3.8) is 0 Å². The Bertz CT molecular complexity index is 999. The molecule has 0 aliphatic carbocycles. The predicted molar refractivity (Wildman–Crippen MR) is 121 cm³/mol. The number of hydrogen-bond donors (Lipinski definition) is 0. The molecule has 2 aromatic carbocycles. The van der Waals surface area contributed by atoms with Crippen molar-refractivity contribution in [2.45, 2.75) is 39.1 Å². The Morgan fingerprint density at radius 2 is 1.84 bits per heavy atom. The van der Waals surface area contributed by atoms with Crippen LogP contribution in [0.4, 0.5) is 4.79 Å². The number of thiophene rings is 1. The summed E-state index contributed by atoms with van der Waals surface area (Å²) >= 11 is 1.61. The van der Waals surface area contributed by atoms with Gasteiger partial charge in [0.1, 0.15) is 11.9 Å². The van der Waals surface area contributed by atoms with Gasteiger partial charge < -0.3 is 19.1 Å². The normalized spacial score (nSPS) is 12.7. The van der Waals surface area contributed by atoms with Crippen molar-refractivity contribution in [2.24, 2.45) is 0 Å². The van der Waals surface area contributed by atoms with Crippen LogP contribution < -0.4 is 4.74 Å². The lowest BCUT2D eigenvalue weighted by molar-refractivity contribution is -0.165. The topological polar surface area (TPSA) is 65.1 Å². The number of amides is 1. The molecule has 2 unspecified atom stereocenters. The first-order valence-corrected chi connectivity index (χ1v) is 11.2. The molecule has 0 bridgehead atoms. The van der Waals surface area contributed by atoms with Gasteiger partial charge in [-0.15, -0.1) is 0 Å². The smallest absolute Gasteiger partial charge is 0.412 e. The molecule has 0 spiro atoms. The number of rotatable bonds is 9. The number of ether oxygens (including phenoxy) is 3. The zero-order valence-electron chi connectivity index (χ0n) is 17.9. The van der Waals surface area contributed by atoms with Gasteiger partial charge in [0.25, 0.3) is 0 Å². The molecule has 2 atom stereocenters. The maximum atomic E-state index is 12.3. The van der Waals surface area contributed by atoms with Crippen molar-refractivity contribution in [2.75, 3.05) is 13.6 Å². The molecular formula is C24H27NO5S. The summed E-state index contributed by atoms with van der Waals surface area (Å²) in [6.45, 7) is 3.62. The standard InChI is InChI=1S/C24H27NO5S/c1-4-23(26)28-17(2)29-24(27)25(3)14-12-21(19-13-15-31-16-19)30-22-11-7-9-18-8-5-6-10-20(18)22/h5-11,13,15-17,21H,4,12,14H2,1-3H3. The van der Waals surface area contributed by atoms with Crippen molar-refractivity contribution < 1.29 is 23.8 Å². The molecule has 0 radical (unpaired) electrons. The van der Waals surface area contributed by atoms with Gasteiger partial charge in [0.2, 0.25) is 6.29 Å². The first-order valence-electron chi connectivity index (χ1n) is 10.3. The minimum atomic E-state index is -0.929. The number of benzene rings is 2. The lowest BCUT2D eigenvalue weighted by atomic mass is 10.1. The molecule has 0 N–H and O–H groups in total. The lowest BCUT2D eigenvalue weighted by Gasteiger charge is -2.24. The molecule has 6 nitrogen and oxygen atoms in total. The van der Waals surface area contributed by atoms with E-state index in [-0.39, 0.29) is 12.5 Å². The number of fused-ring (bicyclic) bond motifs is 1. The molecule has 7 heteroatoms. The van der Waals surface area contributed by atoms with Crippen LogP contribution in [-0.2, 0) is 14.3 Å². The van der Waals surface area contributed by atoms with Gasteiger partial charge in [-0.1, -0.05) is 43.3 Å². The monoisotopic (exact) mass is 441 g/mol. The molecule has 0 aliphatic heterocycles. The summed E-state index contributed by atoms with van der Waals surface area (Å²) in [6.07, 6.45) is -0.893. The van der Waals surface area contributed by atoms with Crippen LogP contribution in [0.5, 0.6) is 5.75 Å². The third kappa shape index (κ3) is 6.21. The molecule has 3 rings (SSSR count). The van der Waals surface area contributed by atoms with E-state index in [9.17, 15) is 9.59 Å². The van der Waals surface area contributed by atoms with Gasteiger partial charge >= 0.3 is 12.1 Å². The van der Waals surface area contributed by atoms with Gasteiger partial charge in [0.15, 0.2) is 0 Å². The van der Waals surface area contributed by atoms with Gasteiger partial charge in [-0.05, 0) is 28.3 Å².